The summed E-state index contributed by atoms with van der Waals surface area (Å²) in [6.45, 7) is 0. The molecule has 0 saturated carbocycles. The minimum atomic E-state index is -0.726. The van der Waals surface area contributed by atoms with Gasteiger partial charge < -0.3 is 17.2 Å². The summed E-state index contributed by atoms with van der Waals surface area (Å²) in [5, 5.41) is 0. The van der Waals surface area contributed by atoms with Gasteiger partial charge in [-0.15, -0.1) is 0 Å². The predicted octanol–water partition coefficient (Wildman–Crippen LogP) is -0.765. The topological polar surface area (TPSA) is 133 Å². The van der Waals surface area contributed by atoms with Gasteiger partial charge in [-0.3, -0.25) is 4.79 Å². The Hall–Kier alpha value is -1.70. The van der Waals surface area contributed by atoms with Gasteiger partial charge in [0, 0.05) is 0 Å². The molecule has 0 radical (unpaired) electrons. The number of amides is 1. The summed E-state index contributed by atoms with van der Waals surface area (Å²) in [5.74, 6) is -1.10. The van der Waals surface area contributed by atoms with E-state index in [1.165, 1.54) is 6.20 Å². The molecule has 1 aromatic heterocycles. The van der Waals surface area contributed by atoms with Gasteiger partial charge in [0.15, 0.2) is 17.5 Å². The molecular formula is C6H7BrN6O. The second-order valence-corrected chi connectivity index (χ2v) is 3.08. The van der Waals surface area contributed by atoms with Crippen LogP contribution < -0.4 is 17.2 Å². The van der Waals surface area contributed by atoms with E-state index in [4.69, 9.17) is 17.2 Å². The number of rotatable bonds is 1. The number of nitrogen functional groups attached to an aromatic ring is 1. The number of hydrogen-bond acceptors (Lipinski definition) is 4. The third-order valence-electron chi connectivity index (χ3n) is 1.20. The van der Waals surface area contributed by atoms with Gasteiger partial charge in [0.2, 0.25) is 0 Å². The molecule has 0 unspecified atom stereocenters. The van der Waals surface area contributed by atoms with Gasteiger partial charge in [-0.05, 0) is 15.9 Å². The smallest absolute Gasteiger partial charge is 0.302 e. The van der Waals surface area contributed by atoms with Crippen LogP contribution in [0.5, 0.6) is 0 Å². The Morgan fingerprint density at radius 1 is 1.50 bits per heavy atom. The molecule has 1 rings (SSSR count). The average Bonchev–Trinajstić information content (AvgIpc) is 2.08. The van der Waals surface area contributed by atoms with Crippen molar-refractivity contribution in [2.45, 2.75) is 0 Å². The molecule has 0 aliphatic rings. The first-order valence-electron chi connectivity index (χ1n) is 3.42. The fraction of sp³-hybridized carbons (Fsp3) is 0. The van der Waals surface area contributed by atoms with Gasteiger partial charge in [0.25, 0.3) is 0 Å². The van der Waals surface area contributed by atoms with Crippen LogP contribution in [-0.4, -0.2) is 21.8 Å². The Kier molecular flexibility index (Phi) is 2.97. The van der Waals surface area contributed by atoms with Gasteiger partial charge >= 0.3 is 5.91 Å². The van der Waals surface area contributed by atoms with E-state index in [1.807, 2.05) is 0 Å². The molecule has 0 aromatic carbocycles. The minimum Gasteiger partial charge on any atom is -0.382 e. The normalized spacial score (nSPS) is 9.50. The van der Waals surface area contributed by atoms with Crippen LogP contribution in [0.15, 0.2) is 15.8 Å². The van der Waals surface area contributed by atoms with Crippen molar-refractivity contribution in [3.63, 3.8) is 0 Å². The summed E-state index contributed by atoms with van der Waals surface area (Å²) >= 11 is 3.04. The fourth-order valence-corrected chi connectivity index (χ4v) is 0.984. The quantitative estimate of drug-likeness (QED) is 0.448. The number of anilines is 1. The molecule has 1 aromatic rings. The van der Waals surface area contributed by atoms with Crippen molar-refractivity contribution < 1.29 is 4.79 Å². The van der Waals surface area contributed by atoms with Crippen LogP contribution in [0.4, 0.5) is 5.82 Å². The summed E-state index contributed by atoms with van der Waals surface area (Å²) < 4.78 is 0.376. The lowest BCUT2D eigenvalue weighted by Crippen LogP contribution is -2.24. The average molecular weight is 259 g/mol. The first-order valence-corrected chi connectivity index (χ1v) is 4.22. The molecule has 7 nitrogen and oxygen atoms in total. The molecule has 0 saturated heterocycles. The Morgan fingerprint density at radius 3 is 2.71 bits per heavy atom. The van der Waals surface area contributed by atoms with Crippen LogP contribution in [0.3, 0.4) is 0 Å². The molecule has 0 aliphatic heterocycles. The lowest BCUT2D eigenvalue weighted by atomic mass is 10.4. The van der Waals surface area contributed by atoms with Gasteiger partial charge in [0.1, 0.15) is 4.60 Å². The standard InChI is InChI=1S/C6H7BrN6O/c7-2-1-11-4(8)3(12-2)5(14)13-6(9)10/h1H,(H2,8,11)(H4,9,10,13,14). The number of carbonyl (C=O) groups is 1. The van der Waals surface area contributed by atoms with Crippen molar-refractivity contribution in [3.05, 3.63) is 16.5 Å². The number of nitrogens with zero attached hydrogens (tertiary/aromatic N) is 3. The van der Waals surface area contributed by atoms with Crippen LogP contribution >= 0.6 is 15.9 Å². The maximum absolute atomic E-state index is 11.3. The monoisotopic (exact) mass is 258 g/mol. The zero-order valence-corrected chi connectivity index (χ0v) is 8.52. The first-order chi connectivity index (χ1) is 6.50. The lowest BCUT2D eigenvalue weighted by Gasteiger charge is -1.99. The maximum atomic E-state index is 11.3. The molecular weight excluding hydrogens is 252 g/mol. The molecule has 6 N–H and O–H groups in total. The van der Waals surface area contributed by atoms with E-state index in [0.717, 1.165) is 0 Å². The third kappa shape index (κ3) is 2.39. The highest BCUT2D eigenvalue weighted by atomic mass is 79.9. The third-order valence-corrected chi connectivity index (χ3v) is 1.59. The van der Waals surface area contributed by atoms with Crippen LogP contribution in [0.25, 0.3) is 0 Å². The lowest BCUT2D eigenvalue weighted by molar-refractivity contribution is 0.0998. The molecule has 8 heteroatoms. The summed E-state index contributed by atoms with van der Waals surface area (Å²) in [7, 11) is 0. The Morgan fingerprint density at radius 2 is 2.14 bits per heavy atom. The van der Waals surface area contributed by atoms with Gasteiger partial charge in [-0.25, -0.2) is 9.97 Å². The van der Waals surface area contributed by atoms with Crippen LogP contribution in [-0.2, 0) is 0 Å². The Labute approximate surface area is 87.5 Å². The number of aliphatic imine (C=N–C) groups is 1. The number of carbonyl (C=O) groups excluding carboxylic acids is 1. The highest BCUT2D eigenvalue weighted by Gasteiger charge is 2.12. The van der Waals surface area contributed by atoms with E-state index in [1.54, 1.807) is 0 Å². The second kappa shape index (κ2) is 4.01. The highest BCUT2D eigenvalue weighted by molar-refractivity contribution is 9.10. The molecule has 0 spiro atoms. The van der Waals surface area contributed by atoms with E-state index >= 15 is 0 Å². The summed E-state index contributed by atoms with van der Waals surface area (Å²) in [4.78, 5) is 22.0. The van der Waals surface area contributed by atoms with Gasteiger partial charge in [-0.2, -0.15) is 4.99 Å². The van der Waals surface area contributed by atoms with Crippen molar-refractivity contribution in [2.75, 3.05) is 5.73 Å². The number of nitrogens with two attached hydrogens (primary N) is 3. The van der Waals surface area contributed by atoms with Crippen molar-refractivity contribution in [2.24, 2.45) is 16.5 Å². The second-order valence-electron chi connectivity index (χ2n) is 2.27. The molecule has 0 atom stereocenters. The van der Waals surface area contributed by atoms with Crippen molar-refractivity contribution in [1.82, 2.24) is 9.97 Å². The Balaban J connectivity index is 3.12. The molecule has 74 valence electrons. The number of aromatic nitrogens is 2. The molecule has 1 amide bonds. The molecule has 0 fully saturated rings. The van der Waals surface area contributed by atoms with Gasteiger partial charge in [0.05, 0.1) is 6.20 Å². The first kappa shape index (κ1) is 10.4. The molecule has 0 aliphatic carbocycles. The van der Waals surface area contributed by atoms with E-state index in [9.17, 15) is 4.79 Å². The minimum absolute atomic E-state index is 0.0248. The van der Waals surface area contributed by atoms with Crippen LogP contribution in [0.2, 0.25) is 0 Å². The van der Waals surface area contributed by atoms with E-state index in [0.29, 0.717) is 4.60 Å². The van der Waals surface area contributed by atoms with E-state index in [2.05, 4.69) is 30.9 Å². The van der Waals surface area contributed by atoms with Gasteiger partial charge in [-0.1, -0.05) is 0 Å². The highest BCUT2D eigenvalue weighted by Crippen LogP contribution is 2.11. The zero-order chi connectivity index (χ0) is 10.7. The SMILES string of the molecule is NC(N)=NC(=O)c1nc(Br)cnc1N. The van der Waals surface area contributed by atoms with Crippen LogP contribution in [0.1, 0.15) is 10.5 Å². The predicted molar refractivity (Wildman–Crippen MR) is 54.3 cm³/mol. The zero-order valence-electron chi connectivity index (χ0n) is 6.94. The van der Waals surface area contributed by atoms with Crippen molar-refractivity contribution in [1.29, 1.82) is 0 Å². The molecule has 0 bridgehead atoms. The van der Waals surface area contributed by atoms with E-state index < -0.39 is 5.91 Å². The van der Waals surface area contributed by atoms with Crippen LogP contribution in [0, 0.1) is 0 Å². The van der Waals surface area contributed by atoms with E-state index in [-0.39, 0.29) is 17.5 Å². The fourth-order valence-electron chi connectivity index (χ4n) is 0.704. The molecule has 14 heavy (non-hydrogen) atoms. The van der Waals surface area contributed by atoms with Crippen molar-refractivity contribution >= 4 is 33.6 Å². The Bertz CT molecular complexity index is 399. The number of halogens is 1. The largest absolute Gasteiger partial charge is 0.382 e. The summed E-state index contributed by atoms with van der Waals surface area (Å²) in [6, 6.07) is 0. The summed E-state index contributed by atoms with van der Waals surface area (Å²) in [5.41, 5.74) is 15.4. The summed E-state index contributed by atoms with van der Waals surface area (Å²) in [6.07, 6.45) is 1.36. The number of guanidine groups is 1. The molecule has 1 heterocycles. The van der Waals surface area contributed by atoms with Crippen molar-refractivity contribution in [3.8, 4) is 0 Å². The number of hydrogen-bond donors (Lipinski definition) is 3. The maximum Gasteiger partial charge on any atom is 0.302 e.